The standard InChI is InChI=1S/C20H17F3N2O4/c1-28-19(27)16-9-14-13-8-12(29-20(21,22)23)5-6-15(13)24-18(14)17(25-16)10-3-2-4-11(26)7-10/h2-8,16-17,24-26H,9H2,1H3. The monoisotopic (exact) mass is 406 g/mol. The number of benzene rings is 2. The Hall–Kier alpha value is -3.20. The number of halogens is 3. The molecule has 1 aliphatic rings. The van der Waals surface area contributed by atoms with Crippen LogP contribution in [0.1, 0.15) is 22.9 Å². The van der Waals surface area contributed by atoms with Gasteiger partial charge in [0.25, 0.3) is 0 Å². The Labute approximate surface area is 163 Å². The highest BCUT2D eigenvalue weighted by atomic mass is 19.4. The number of methoxy groups -OCH3 is 1. The fourth-order valence-corrected chi connectivity index (χ4v) is 3.72. The lowest BCUT2D eigenvalue weighted by Gasteiger charge is -2.30. The number of aromatic amines is 1. The van der Waals surface area contributed by atoms with Gasteiger partial charge in [-0.1, -0.05) is 12.1 Å². The summed E-state index contributed by atoms with van der Waals surface area (Å²) in [4.78, 5) is 15.4. The van der Waals surface area contributed by atoms with Crippen molar-refractivity contribution in [3.63, 3.8) is 0 Å². The molecule has 3 N–H and O–H groups in total. The summed E-state index contributed by atoms with van der Waals surface area (Å²) < 4.78 is 46.7. The number of esters is 1. The number of fused-ring (bicyclic) bond motifs is 3. The highest BCUT2D eigenvalue weighted by Crippen LogP contribution is 2.38. The minimum atomic E-state index is -4.80. The van der Waals surface area contributed by atoms with Crippen LogP contribution < -0.4 is 10.1 Å². The number of phenols is 1. The van der Waals surface area contributed by atoms with Crippen LogP contribution in [-0.4, -0.2) is 35.6 Å². The molecular formula is C20H17F3N2O4. The van der Waals surface area contributed by atoms with Crippen LogP contribution in [0.3, 0.4) is 0 Å². The molecule has 0 saturated carbocycles. The molecule has 0 bridgehead atoms. The number of nitrogens with one attached hydrogen (secondary N) is 2. The van der Waals surface area contributed by atoms with E-state index in [2.05, 4.69) is 15.0 Å². The van der Waals surface area contributed by atoms with Gasteiger partial charge >= 0.3 is 12.3 Å². The topological polar surface area (TPSA) is 83.6 Å². The van der Waals surface area contributed by atoms with Crippen molar-refractivity contribution in [2.75, 3.05) is 7.11 Å². The minimum absolute atomic E-state index is 0.0583. The van der Waals surface area contributed by atoms with E-state index in [1.54, 1.807) is 18.2 Å². The highest BCUT2D eigenvalue weighted by molar-refractivity contribution is 5.88. The second-order valence-electron chi connectivity index (χ2n) is 6.75. The van der Waals surface area contributed by atoms with E-state index in [4.69, 9.17) is 4.74 Å². The zero-order chi connectivity index (χ0) is 20.8. The van der Waals surface area contributed by atoms with Crippen molar-refractivity contribution in [3.05, 3.63) is 59.3 Å². The van der Waals surface area contributed by atoms with Crippen LogP contribution in [0.2, 0.25) is 0 Å². The van der Waals surface area contributed by atoms with Gasteiger partial charge in [-0.05, 0) is 41.5 Å². The first-order chi connectivity index (χ1) is 13.7. The highest BCUT2D eigenvalue weighted by Gasteiger charge is 2.35. The number of rotatable bonds is 3. The van der Waals surface area contributed by atoms with E-state index >= 15 is 0 Å². The van der Waals surface area contributed by atoms with E-state index in [9.17, 15) is 23.1 Å². The van der Waals surface area contributed by atoms with Crippen molar-refractivity contribution in [1.82, 2.24) is 10.3 Å². The number of carbonyl (C=O) groups excluding carboxylic acids is 1. The summed E-state index contributed by atoms with van der Waals surface area (Å²) in [5.74, 6) is -0.769. The van der Waals surface area contributed by atoms with E-state index in [0.29, 0.717) is 27.7 Å². The van der Waals surface area contributed by atoms with Crippen LogP contribution >= 0.6 is 0 Å². The summed E-state index contributed by atoms with van der Waals surface area (Å²) in [5.41, 5.74) is 2.70. The van der Waals surface area contributed by atoms with Crippen LogP contribution in [0.25, 0.3) is 10.9 Å². The molecule has 0 aliphatic carbocycles. The molecule has 0 amide bonds. The molecule has 0 fully saturated rings. The average molecular weight is 406 g/mol. The molecule has 6 nitrogen and oxygen atoms in total. The van der Waals surface area contributed by atoms with Crippen LogP contribution in [0, 0.1) is 0 Å². The van der Waals surface area contributed by atoms with E-state index in [1.165, 1.54) is 31.4 Å². The molecule has 1 aliphatic heterocycles. The lowest BCUT2D eigenvalue weighted by Crippen LogP contribution is -2.45. The Morgan fingerprint density at radius 2 is 2.00 bits per heavy atom. The molecule has 2 heterocycles. The molecule has 2 aromatic carbocycles. The molecule has 0 saturated heterocycles. The first-order valence-corrected chi connectivity index (χ1v) is 8.78. The lowest BCUT2D eigenvalue weighted by atomic mass is 9.90. The fourth-order valence-electron chi connectivity index (χ4n) is 3.72. The van der Waals surface area contributed by atoms with Crippen LogP contribution in [0.5, 0.6) is 11.5 Å². The third kappa shape index (κ3) is 3.73. The Balaban J connectivity index is 1.84. The van der Waals surface area contributed by atoms with Crippen LogP contribution in [0.15, 0.2) is 42.5 Å². The van der Waals surface area contributed by atoms with Crippen LogP contribution in [0.4, 0.5) is 13.2 Å². The summed E-state index contributed by atoms with van der Waals surface area (Å²) in [6.07, 6.45) is -4.57. The molecule has 4 rings (SSSR count). The summed E-state index contributed by atoms with van der Waals surface area (Å²) >= 11 is 0. The van der Waals surface area contributed by atoms with Crippen molar-refractivity contribution in [3.8, 4) is 11.5 Å². The predicted octanol–water partition coefficient (Wildman–Crippen LogP) is 3.55. The summed E-state index contributed by atoms with van der Waals surface area (Å²) in [7, 11) is 1.27. The first-order valence-electron chi connectivity index (χ1n) is 8.78. The number of aromatic hydroxyl groups is 1. The maximum Gasteiger partial charge on any atom is 0.573 e. The number of phenolic OH excluding ortho intramolecular Hbond substituents is 1. The van der Waals surface area contributed by atoms with E-state index in [-0.39, 0.29) is 17.9 Å². The lowest BCUT2D eigenvalue weighted by molar-refractivity contribution is -0.274. The van der Waals surface area contributed by atoms with Gasteiger partial charge in [0.2, 0.25) is 0 Å². The first kappa shape index (κ1) is 19.1. The van der Waals surface area contributed by atoms with Crippen molar-refractivity contribution in [1.29, 1.82) is 0 Å². The van der Waals surface area contributed by atoms with E-state index in [1.807, 2.05) is 0 Å². The molecule has 0 radical (unpaired) electrons. The van der Waals surface area contributed by atoms with Gasteiger partial charge in [0.15, 0.2) is 0 Å². The molecule has 2 unspecified atom stereocenters. The van der Waals surface area contributed by atoms with Gasteiger partial charge in [-0.2, -0.15) is 0 Å². The van der Waals surface area contributed by atoms with Crippen molar-refractivity contribution in [2.24, 2.45) is 0 Å². The average Bonchev–Trinajstić information content (AvgIpc) is 3.03. The normalized spacial score (nSPS) is 19.0. The van der Waals surface area contributed by atoms with Gasteiger partial charge < -0.3 is 19.6 Å². The summed E-state index contributed by atoms with van der Waals surface area (Å²) in [5, 5.41) is 13.6. The molecule has 2 atom stereocenters. The summed E-state index contributed by atoms with van der Waals surface area (Å²) in [6, 6.07) is 9.38. The molecule has 9 heteroatoms. The van der Waals surface area contributed by atoms with E-state index in [0.717, 1.165) is 0 Å². The Kier molecular flexibility index (Phi) is 4.62. The third-order valence-electron chi connectivity index (χ3n) is 4.90. The van der Waals surface area contributed by atoms with E-state index < -0.39 is 24.4 Å². The molecule has 29 heavy (non-hydrogen) atoms. The van der Waals surface area contributed by atoms with Gasteiger partial charge in [0.1, 0.15) is 17.5 Å². The SMILES string of the molecule is COC(=O)C1Cc2c([nH]c3ccc(OC(F)(F)F)cc23)C(c2cccc(O)c2)N1. The number of H-pyrrole nitrogens is 1. The smallest absolute Gasteiger partial charge is 0.508 e. The number of aromatic nitrogens is 1. The number of carbonyl (C=O) groups is 1. The van der Waals surface area contributed by atoms with Gasteiger partial charge in [-0.25, -0.2) is 0 Å². The maximum absolute atomic E-state index is 12.6. The zero-order valence-corrected chi connectivity index (χ0v) is 15.2. The quantitative estimate of drug-likeness (QED) is 0.580. The number of hydrogen-bond acceptors (Lipinski definition) is 5. The van der Waals surface area contributed by atoms with Gasteiger partial charge in [0.05, 0.1) is 13.2 Å². The maximum atomic E-state index is 12.6. The van der Waals surface area contributed by atoms with Gasteiger partial charge in [0, 0.05) is 23.0 Å². The summed E-state index contributed by atoms with van der Waals surface area (Å²) in [6.45, 7) is 0. The number of hydrogen-bond donors (Lipinski definition) is 3. The Morgan fingerprint density at radius 1 is 1.21 bits per heavy atom. The van der Waals surface area contributed by atoms with Gasteiger partial charge in [-0.3, -0.25) is 10.1 Å². The molecule has 1 aromatic heterocycles. The minimum Gasteiger partial charge on any atom is -0.508 e. The second-order valence-corrected chi connectivity index (χ2v) is 6.75. The van der Waals surface area contributed by atoms with Gasteiger partial charge in [-0.15, -0.1) is 13.2 Å². The molecule has 0 spiro atoms. The zero-order valence-electron chi connectivity index (χ0n) is 15.2. The molecule has 152 valence electrons. The Morgan fingerprint density at radius 3 is 2.69 bits per heavy atom. The van der Waals surface area contributed by atoms with Crippen LogP contribution in [-0.2, 0) is 16.0 Å². The fraction of sp³-hybridized carbons (Fsp3) is 0.250. The molecular weight excluding hydrogens is 389 g/mol. The second kappa shape index (κ2) is 7.00. The molecule has 3 aromatic rings. The van der Waals surface area contributed by atoms with Crippen molar-refractivity contribution < 1.29 is 32.5 Å². The largest absolute Gasteiger partial charge is 0.573 e. The predicted molar refractivity (Wildman–Crippen MR) is 97.6 cm³/mol. The van der Waals surface area contributed by atoms with Crippen molar-refractivity contribution in [2.45, 2.75) is 24.9 Å². The third-order valence-corrected chi connectivity index (χ3v) is 4.90. The number of ether oxygens (including phenoxy) is 2. The number of alkyl halides is 3. The van der Waals surface area contributed by atoms with Crippen molar-refractivity contribution >= 4 is 16.9 Å². The Bertz CT molecular complexity index is 1080.